The van der Waals surface area contributed by atoms with Crippen molar-refractivity contribution in [2.45, 2.75) is 52.5 Å². The van der Waals surface area contributed by atoms with Crippen molar-refractivity contribution in [3.8, 4) is 5.75 Å². The van der Waals surface area contributed by atoms with Gasteiger partial charge in [-0.1, -0.05) is 12.1 Å². The number of hydrogen-bond acceptors (Lipinski definition) is 5. The molecule has 1 aromatic heterocycles. The van der Waals surface area contributed by atoms with E-state index in [4.69, 9.17) is 4.74 Å². The molecule has 2 aromatic rings. The van der Waals surface area contributed by atoms with Crippen LogP contribution in [0.3, 0.4) is 0 Å². The maximum absolute atomic E-state index is 11.7. The van der Waals surface area contributed by atoms with Gasteiger partial charge >= 0.3 is 0 Å². The largest absolute Gasteiger partial charge is 0.484 e. The van der Waals surface area contributed by atoms with E-state index in [1.807, 2.05) is 24.3 Å². The number of rotatable bonds is 11. The third-order valence-corrected chi connectivity index (χ3v) is 6.09. The van der Waals surface area contributed by atoms with E-state index in [-0.39, 0.29) is 12.5 Å². The second-order valence-electron chi connectivity index (χ2n) is 7.71. The molecule has 0 spiro atoms. The molecule has 0 unspecified atom stereocenters. The van der Waals surface area contributed by atoms with E-state index in [0.717, 1.165) is 55.4 Å². The highest BCUT2D eigenvalue weighted by Crippen LogP contribution is 2.19. The predicted molar refractivity (Wildman–Crippen MR) is 126 cm³/mol. The molecule has 1 aromatic carbocycles. The second-order valence-corrected chi connectivity index (χ2v) is 9.00. The molecule has 0 bridgehead atoms. The molecule has 0 radical (unpaired) electrons. The van der Waals surface area contributed by atoms with Gasteiger partial charge in [0.05, 0.1) is 10.7 Å². The zero-order valence-corrected chi connectivity index (χ0v) is 19.5. The van der Waals surface area contributed by atoms with Gasteiger partial charge in [0.15, 0.2) is 12.6 Å². The smallest absolute Gasteiger partial charge is 0.258 e. The lowest BCUT2D eigenvalue weighted by Crippen LogP contribution is -2.38. The monoisotopic (exact) mass is 443 g/mol. The van der Waals surface area contributed by atoms with Crippen LogP contribution in [0.2, 0.25) is 0 Å². The first-order chi connectivity index (χ1) is 15.0. The number of amides is 1. The van der Waals surface area contributed by atoms with Crippen molar-refractivity contribution < 1.29 is 9.53 Å². The Morgan fingerprint density at radius 2 is 1.97 bits per heavy atom. The Bertz CT molecular complexity index is 855. The van der Waals surface area contributed by atoms with Crippen LogP contribution >= 0.6 is 11.3 Å². The Labute approximate surface area is 188 Å². The van der Waals surface area contributed by atoms with Crippen LogP contribution in [0.15, 0.2) is 29.3 Å². The van der Waals surface area contributed by atoms with Gasteiger partial charge in [-0.2, -0.15) is 0 Å². The lowest BCUT2D eigenvalue weighted by Gasteiger charge is -2.11. The number of hydrogen-bond donors (Lipinski definition) is 3. The fourth-order valence-corrected chi connectivity index (χ4v) is 3.90. The number of nitrogens with zero attached hydrogens (tertiary/aromatic N) is 2. The van der Waals surface area contributed by atoms with Gasteiger partial charge in [-0.15, -0.1) is 11.3 Å². The summed E-state index contributed by atoms with van der Waals surface area (Å²) in [4.78, 5) is 22.2. The molecular weight excluding hydrogens is 410 g/mol. The summed E-state index contributed by atoms with van der Waals surface area (Å²) in [6, 6.07) is 8.26. The molecule has 168 valence electrons. The van der Waals surface area contributed by atoms with Crippen molar-refractivity contribution in [1.82, 2.24) is 20.9 Å². The third-order valence-electron chi connectivity index (χ3n) is 4.95. The van der Waals surface area contributed by atoms with Gasteiger partial charge in [-0.3, -0.25) is 9.79 Å². The van der Waals surface area contributed by atoms with Gasteiger partial charge in [-0.25, -0.2) is 4.98 Å². The van der Waals surface area contributed by atoms with E-state index >= 15 is 0 Å². The fraction of sp³-hybridized carbons (Fsp3) is 0.522. The SMILES string of the molecule is CCNC(=NCCc1nc(C)c(C)s1)NCCc1ccc(OCC(=O)NC2CC2)cc1. The van der Waals surface area contributed by atoms with Crippen LogP contribution < -0.4 is 20.7 Å². The summed E-state index contributed by atoms with van der Waals surface area (Å²) in [5.41, 5.74) is 2.32. The average molecular weight is 444 g/mol. The number of benzene rings is 1. The molecule has 1 aliphatic rings. The van der Waals surface area contributed by atoms with Crippen LogP contribution in [0.5, 0.6) is 5.75 Å². The summed E-state index contributed by atoms with van der Waals surface area (Å²) < 4.78 is 5.55. The molecule has 0 saturated heterocycles. The zero-order chi connectivity index (χ0) is 22.1. The van der Waals surface area contributed by atoms with E-state index in [2.05, 4.69) is 46.7 Å². The fourth-order valence-electron chi connectivity index (χ4n) is 2.97. The van der Waals surface area contributed by atoms with Crippen molar-refractivity contribution in [2.75, 3.05) is 26.2 Å². The Hall–Kier alpha value is -2.61. The molecule has 1 fully saturated rings. The van der Waals surface area contributed by atoms with Gasteiger partial charge < -0.3 is 20.7 Å². The van der Waals surface area contributed by atoms with Crippen LogP contribution in [-0.2, 0) is 17.6 Å². The number of nitrogens with one attached hydrogen (secondary N) is 3. The minimum absolute atomic E-state index is 0.0499. The van der Waals surface area contributed by atoms with Crippen molar-refractivity contribution in [3.05, 3.63) is 45.4 Å². The van der Waals surface area contributed by atoms with Crippen LogP contribution in [0, 0.1) is 13.8 Å². The lowest BCUT2D eigenvalue weighted by molar-refractivity contribution is -0.123. The van der Waals surface area contributed by atoms with Crippen molar-refractivity contribution in [1.29, 1.82) is 0 Å². The van der Waals surface area contributed by atoms with E-state index in [0.29, 0.717) is 18.3 Å². The van der Waals surface area contributed by atoms with Crippen LogP contribution in [-0.4, -0.2) is 49.1 Å². The topological polar surface area (TPSA) is 87.6 Å². The predicted octanol–water partition coefficient (Wildman–Crippen LogP) is 2.76. The molecule has 8 heteroatoms. The molecule has 3 rings (SSSR count). The van der Waals surface area contributed by atoms with Gasteiger partial charge in [0.25, 0.3) is 5.91 Å². The average Bonchev–Trinajstić information content (AvgIpc) is 3.50. The number of aliphatic imine (C=N–C) groups is 1. The summed E-state index contributed by atoms with van der Waals surface area (Å²) >= 11 is 1.75. The zero-order valence-electron chi connectivity index (χ0n) is 18.7. The van der Waals surface area contributed by atoms with Gasteiger partial charge in [0.2, 0.25) is 0 Å². The molecular formula is C23H33N5O2S. The summed E-state index contributed by atoms with van der Waals surface area (Å²) in [5.74, 6) is 1.49. The first-order valence-corrected chi connectivity index (χ1v) is 11.8. The molecule has 1 aliphatic carbocycles. The number of thiazole rings is 1. The Morgan fingerprint density at radius 1 is 1.19 bits per heavy atom. The van der Waals surface area contributed by atoms with Crippen molar-refractivity contribution >= 4 is 23.2 Å². The van der Waals surface area contributed by atoms with Crippen LogP contribution in [0.4, 0.5) is 0 Å². The highest BCUT2D eigenvalue weighted by atomic mass is 32.1. The lowest BCUT2D eigenvalue weighted by atomic mass is 10.1. The van der Waals surface area contributed by atoms with E-state index in [1.54, 1.807) is 11.3 Å². The number of aryl methyl sites for hydroxylation is 2. The van der Waals surface area contributed by atoms with Gasteiger partial charge in [0.1, 0.15) is 5.75 Å². The normalized spacial score (nSPS) is 13.7. The Morgan fingerprint density at radius 3 is 2.61 bits per heavy atom. The Balaban J connectivity index is 1.38. The maximum Gasteiger partial charge on any atom is 0.258 e. The van der Waals surface area contributed by atoms with Crippen LogP contribution in [0.1, 0.15) is 40.9 Å². The minimum Gasteiger partial charge on any atom is -0.484 e. The molecule has 1 saturated carbocycles. The molecule has 31 heavy (non-hydrogen) atoms. The number of aromatic nitrogens is 1. The highest BCUT2D eigenvalue weighted by molar-refractivity contribution is 7.11. The summed E-state index contributed by atoms with van der Waals surface area (Å²) in [6.45, 7) is 8.61. The van der Waals surface area contributed by atoms with Gasteiger partial charge in [-0.05, 0) is 57.7 Å². The summed E-state index contributed by atoms with van der Waals surface area (Å²) in [7, 11) is 0. The number of ether oxygens (including phenoxy) is 1. The van der Waals surface area contributed by atoms with Gasteiger partial charge in [0, 0.05) is 37.0 Å². The standard InChI is InChI=1S/C23H33N5O2S/c1-4-24-23(26-14-12-22-27-16(2)17(3)31-22)25-13-11-18-5-9-20(10-6-18)30-15-21(29)28-19-7-8-19/h5-6,9-10,19H,4,7-8,11-15H2,1-3H3,(H,28,29)(H2,24,25,26). The Kier molecular flexibility index (Phi) is 8.70. The molecule has 7 nitrogen and oxygen atoms in total. The van der Waals surface area contributed by atoms with E-state index in [9.17, 15) is 4.79 Å². The van der Waals surface area contributed by atoms with E-state index < -0.39 is 0 Å². The molecule has 1 amide bonds. The molecule has 0 atom stereocenters. The number of carbonyl (C=O) groups is 1. The first-order valence-electron chi connectivity index (χ1n) is 11.0. The minimum atomic E-state index is -0.0499. The first kappa shape index (κ1) is 23.1. The number of carbonyl (C=O) groups excluding carboxylic acids is 1. The third kappa shape index (κ3) is 8.20. The van der Waals surface area contributed by atoms with Crippen molar-refractivity contribution in [2.24, 2.45) is 4.99 Å². The maximum atomic E-state index is 11.7. The molecule has 1 heterocycles. The highest BCUT2D eigenvalue weighted by Gasteiger charge is 2.23. The molecule has 3 N–H and O–H groups in total. The summed E-state index contributed by atoms with van der Waals surface area (Å²) in [6.07, 6.45) is 3.90. The van der Waals surface area contributed by atoms with E-state index in [1.165, 1.54) is 10.4 Å². The van der Waals surface area contributed by atoms with Crippen molar-refractivity contribution in [3.63, 3.8) is 0 Å². The van der Waals surface area contributed by atoms with Crippen LogP contribution in [0.25, 0.3) is 0 Å². The molecule has 0 aliphatic heterocycles. The quantitative estimate of drug-likeness (QED) is 0.367. The second kappa shape index (κ2) is 11.7. The summed E-state index contributed by atoms with van der Waals surface area (Å²) in [5, 5.41) is 10.7. The number of guanidine groups is 1.